The zero-order valence-electron chi connectivity index (χ0n) is 14.8. The second-order valence-electron chi connectivity index (χ2n) is 6.54. The molecule has 138 valence electrons. The molecule has 1 aliphatic heterocycles. The molecule has 0 aliphatic carbocycles. The average molecular weight is 426 g/mol. The van der Waals surface area contributed by atoms with Crippen LogP contribution in [0.3, 0.4) is 0 Å². The summed E-state index contributed by atoms with van der Waals surface area (Å²) >= 11 is 3.40. The van der Waals surface area contributed by atoms with Crippen molar-refractivity contribution >= 4 is 33.3 Å². The average Bonchev–Trinajstić information content (AvgIpc) is 3.25. The first-order valence-corrected chi connectivity index (χ1v) is 9.76. The van der Waals surface area contributed by atoms with E-state index in [4.69, 9.17) is 0 Å². The largest absolute Gasteiger partial charge is 0.356 e. The van der Waals surface area contributed by atoms with Gasteiger partial charge >= 0.3 is 0 Å². The number of rotatable bonds is 4. The molecule has 1 aromatic carbocycles. The van der Waals surface area contributed by atoms with E-state index in [0.29, 0.717) is 11.6 Å². The third-order valence-corrected chi connectivity index (χ3v) is 5.33. The van der Waals surface area contributed by atoms with E-state index in [1.807, 2.05) is 53.5 Å². The Morgan fingerprint density at radius 1 is 1.07 bits per heavy atom. The van der Waals surface area contributed by atoms with Crippen LogP contribution in [0, 0.1) is 0 Å². The predicted molar refractivity (Wildman–Crippen MR) is 109 cm³/mol. The number of amides is 1. The summed E-state index contributed by atoms with van der Waals surface area (Å²) in [5, 5.41) is 7.31. The Hall–Kier alpha value is -2.67. The molecule has 1 aliphatic rings. The molecule has 0 radical (unpaired) electrons. The first-order valence-electron chi connectivity index (χ1n) is 8.97. The van der Waals surface area contributed by atoms with Gasteiger partial charge in [0, 0.05) is 41.8 Å². The topological polar surface area (TPSA) is 63.1 Å². The number of nitrogens with one attached hydrogen (secondary N) is 1. The van der Waals surface area contributed by atoms with Crippen molar-refractivity contribution in [2.45, 2.75) is 18.9 Å². The van der Waals surface area contributed by atoms with Crippen molar-refractivity contribution in [1.82, 2.24) is 14.8 Å². The van der Waals surface area contributed by atoms with Gasteiger partial charge in [0.25, 0.3) is 5.91 Å². The number of halogens is 1. The van der Waals surface area contributed by atoms with Crippen molar-refractivity contribution in [3.63, 3.8) is 0 Å². The summed E-state index contributed by atoms with van der Waals surface area (Å²) in [5.41, 5.74) is 1.35. The third kappa shape index (κ3) is 4.03. The van der Waals surface area contributed by atoms with Gasteiger partial charge in [-0.1, -0.05) is 15.9 Å². The molecule has 0 unspecified atom stereocenters. The van der Waals surface area contributed by atoms with E-state index < -0.39 is 0 Å². The number of hydrogen-bond donors (Lipinski definition) is 1. The lowest BCUT2D eigenvalue weighted by atomic mass is 10.0. The van der Waals surface area contributed by atoms with E-state index in [1.54, 1.807) is 12.3 Å². The molecule has 4 rings (SSSR count). The molecule has 0 spiro atoms. The molecule has 3 aromatic rings. The fourth-order valence-electron chi connectivity index (χ4n) is 3.40. The number of carbonyl (C=O) groups is 1. The van der Waals surface area contributed by atoms with Gasteiger partial charge in [-0.2, -0.15) is 5.10 Å². The third-order valence-electron chi connectivity index (χ3n) is 4.80. The standard InChI is InChI=1S/C20H20BrN5O/c21-15-4-6-16(7-5-15)24-20(27)18-3-1-10-22-19(18)25-13-8-17(9-14-25)26-12-2-11-23-26/h1-7,10-12,17H,8-9,13-14H2,(H,24,27). The molecule has 2 aromatic heterocycles. The molecule has 1 amide bonds. The van der Waals surface area contributed by atoms with Crippen LogP contribution >= 0.6 is 15.9 Å². The highest BCUT2D eigenvalue weighted by molar-refractivity contribution is 9.10. The van der Waals surface area contributed by atoms with Crippen LogP contribution < -0.4 is 10.2 Å². The van der Waals surface area contributed by atoms with Gasteiger partial charge in [-0.05, 0) is 55.3 Å². The molecule has 7 heteroatoms. The summed E-state index contributed by atoms with van der Waals surface area (Å²) in [4.78, 5) is 19.5. The summed E-state index contributed by atoms with van der Waals surface area (Å²) in [6.45, 7) is 1.69. The maximum Gasteiger partial charge on any atom is 0.259 e. The number of aromatic nitrogens is 3. The Labute approximate surface area is 166 Å². The number of carbonyl (C=O) groups excluding carboxylic acids is 1. The number of benzene rings is 1. The van der Waals surface area contributed by atoms with Crippen LogP contribution in [0.25, 0.3) is 0 Å². The Morgan fingerprint density at radius 2 is 1.85 bits per heavy atom. The van der Waals surface area contributed by atoms with Crippen LogP contribution in [0.2, 0.25) is 0 Å². The smallest absolute Gasteiger partial charge is 0.259 e. The Morgan fingerprint density at radius 3 is 2.56 bits per heavy atom. The number of pyridine rings is 1. The molecule has 0 bridgehead atoms. The Balaban J connectivity index is 1.48. The van der Waals surface area contributed by atoms with Gasteiger partial charge in [-0.25, -0.2) is 4.98 Å². The van der Waals surface area contributed by atoms with E-state index in [-0.39, 0.29) is 5.91 Å². The van der Waals surface area contributed by atoms with Gasteiger partial charge in [0.05, 0.1) is 11.6 Å². The molecule has 1 fully saturated rings. The zero-order valence-corrected chi connectivity index (χ0v) is 16.3. The van der Waals surface area contributed by atoms with Gasteiger partial charge in [0.1, 0.15) is 5.82 Å². The second kappa shape index (κ2) is 7.92. The summed E-state index contributed by atoms with van der Waals surface area (Å²) in [6, 6.07) is 13.5. The summed E-state index contributed by atoms with van der Waals surface area (Å²) in [7, 11) is 0. The molecule has 3 heterocycles. The molecular formula is C20H20BrN5O. The predicted octanol–water partition coefficient (Wildman–Crippen LogP) is 4.13. The van der Waals surface area contributed by atoms with Crippen molar-refractivity contribution in [3.8, 4) is 0 Å². The number of piperidine rings is 1. The van der Waals surface area contributed by atoms with Gasteiger partial charge in [0.2, 0.25) is 0 Å². The van der Waals surface area contributed by atoms with Crippen LogP contribution in [0.5, 0.6) is 0 Å². The van der Waals surface area contributed by atoms with Crippen molar-refractivity contribution in [1.29, 1.82) is 0 Å². The lowest BCUT2D eigenvalue weighted by Gasteiger charge is -2.33. The zero-order chi connectivity index (χ0) is 18.6. The molecule has 0 saturated carbocycles. The van der Waals surface area contributed by atoms with Crippen LogP contribution in [0.15, 0.2) is 65.5 Å². The SMILES string of the molecule is O=C(Nc1ccc(Br)cc1)c1cccnc1N1CCC(n2cccn2)CC1. The minimum Gasteiger partial charge on any atom is -0.356 e. The van der Waals surface area contributed by atoms with Gasteiger partial charge in [-0.3, -0.25) is 9.48 Å². The van der Waals surface area contributed by atoms with Gasteiger partial charge in [0.15, 0.2) is 0 Å². The maximum absolute atomic E-state index is 12.8. The van der Waals surface area contributed by atoms with Crippen LogP contribution in [0.1, 0.15) is 29.2 Å². The normalized spacial score (nSPS) is 14.9. The van der Waals surface area contributed by atoms with E-state index in [1.165, 1.54) is 0 Å². The van der Waals surface area contributed by atoms with Crippen LogP contribution in [-0.4, -0.2) is 33.8 Å². The van der Waals surface area contributed by atoms with Crippen molar-refractivity contribution in [2.75, 3.05) is 23.3 Å². The highest BCUT2D eigenvalue weighted by Gasteiger charge is 2.24. The lowest BCUT2D eigenvalue weighted by Crippen LogP contribution is -2.36. The minimum absolute atomic E-state index is 0.144. The molecule has 6 nitrogen and oxygen atoms in total. The summed E-state index contributed by atoms with van der Waals surface area (Å²) in [5.74, 6) is 0.598. The van der Waals surface area contributed by atoms with E-state index in [9.17, 15) is 4.79 Å². The number of anilines is 2. The maximum atomic E-state index is 12.8. The van der Waals surface area contributed by atoms with E-state index >= 15 is 0 Å². The second-order valence-corrected chi connectivity index (χ2v) is 7.46. The van der Waals surface area contributed by atoms with Crippen molar-refractivity contribution in [2.24, 2.45) is 0 Å². The number of nitrogens with zero attached hydrogens (tertiary/aromatic N) is 4. The van der Waals surface area contributed by atoms with Crippen LogP contribution in [-0.2, 0) is 0 Å². The monoisotopic (exact) mass is 425 g/mol. The first kappa shape index (κ1) is 17.7. The van der Waals surface area contributed by atoms with Crippen molar-refractivity contribution < 1.29 is 4.79 Å². The van der Waals surface area contributed by atoms with Gasteiger partial charge < -0.3 is 10.2 Å². The molecule has 0 atom stereocenters. The molecule has 1 saturated heterocycles. The summed E-state index contributed by atoms with van der Waals surface area (Å²) in [6.07, 6.45) is 7.53. The fraction of sp³-hybridized carbons (Fsp3) is 0.250. The highest BCUT2D eigenvalue weighted by atomic mass is 79.9. The molecular weight excluding hydrogens is 406 g/mol. The Bertz CT molecular complexity index is 902. The Kier molecular flexibility index (Phi) is 5.20. The van der Waals surface area contributed by atoms with Crippen LogP contribution in [0.4, 0.5) is 11.5 Å². The van der Waals surface area contributed by atoms with Crippen molar-refractivity contribution in [3.05, 3.63) is 71.1 Å². The van der Waals surface area contributed by atoms with E-state index in [0.717, 1.165) is 41.9 Å². The molecule has 1 N–H and O–H groups in total. The number of hydrogen-bond acceptors (Lipinski definition) is 4. The molecule has 27 heavy (non-hydrogen) atoms. The summed E-state index contributed by atoms with van der Waals surface area (Å²) < 4.78 is 3.00. The lowest BCUT2D eigenvalue weighted by molar-refractivity contribution is 0.102. The van der Waals surface area contributed by atoms with E-state index in [2.05, 4.69) is 36.2 Å². The van der Waals surface area contributed by atoms with Gasteiger partial charge in [-0.15, -0.1) is 0 Å². The first-order chi connectivity index (χ1) is 13.2. The quantitative estimate of drug-likeness (QED) is 0.682. The fourth-order valence-corrected chi connectivity index (χ4v) is 3.66. The minimum atomic E-state index is -0.144. The highest BCUT2D eigenvalue weighted by Crippen LogP contribution is 2.27.